The number of ether oxygens (including phenoxy) is 2. The van der Waals surface area contributed by atoms with Crippen molar-refractivity contribution in [1.82, 2.24) is 9.99 Å². The molecule has 0 saturated heterocycles. The van der Waals surface area contributed by atoms with Gasteiger partial charge in [0.15, 0.2) is 11.5 Å². The molecule has 5 rings (SSSR count). The zero-order valence-corrected chi connectivity index (χ0v) is 19.9. The first-order valence-corrected chi connectivity index (χ1v) is 11.5. The molecule has 4 aromatic rings. The molecule has 6 nitrogen and oxygen atoms in total. The highest BCUT2D eigenvalue weighted by atomic mass is 35.5. The molecule has 1 amide bonds. The predicted molar refractivity (Wildman–Crippen MR) is 134 cm³/mol. The number of nitrogens with one attached hydrogen (secondary N) is 1. The van der Waals surface area contributed by atoms with Crippen LogP contribution < -0.4 is 14.9 Å². The van der Waals surface area contributed by atoms with E-state index in [-0.39, 0.29) is 19.1 Å². The standard InChI is InChI=1S/C26H21Cl2N3O3/c1-16-20(13-29-30-26(32)12-17-7-9-24-25(11-17)34-15-33-24)19-4-2-3-5-23(19)31(16)14-18-6-8-21(27)22(28)10-18/h2-11,13H,12,14-15H2,1H3,(H,30,32)/b29-13+. The van der Waals surface area contributed by atoms with Crippen molar-refractivity contribution in [3.05, 3.63) is 93.1 Å². The van der Waals surface area contributed by atoms with E-state index in [4.69, 9.17) is 32.7 Å². The number of carbonyl (C=O) groups excluding carboxylic acids is 1. The molecule has 34 heavy (non-hydrogen) atoms. The van der Waals surface area contributed by atoms with Crippen molar-refractivity contribution in [3.8, 4) is 11.5 Å². The fraction of sp³-hybridized carbons (Fsp3) is 0.154. The van der Waals surface area contributed by atoms with Crippen LogP contribution in [0.4, 0.5) is 0 Å². The molecule has 3 aromatic carbocycles. The van der Waals surface area contributed by atoms with Crippen LogP contribution >= 0.6 is 23.2 Å². The van der Waals surface area contributed by atoms with Gasteiger partial charge in [0.05, 0.1) is 22.7 Å². The number of nitrogens with zero attached hydrogens (tertiary/aromatic N) is 2. The average molecular weight is 494 g/mol. The van der Waals surface area contributed by atoms with Crippen molar-refractivity contribution in [3.63, 3.8) is 0 Å². The number of hydrogen-bond acceptors (Lipinski definition) is 4. The molecule has 0 aliphatic carbocycles. The number of rotatable bonds is 6. The van der Waals surface area contributed by atoms with Crippen molar-refractivity contribution in [2.45, 2.75) is 19.9 Å². The Morgan fingerprint density at radius 2 is 1.82 bits per heavy atom. The third-order valence-electron chi connectivity index (χ3n) is 5.79. The first-order valence-electron chi connectivity index (χ1n) is 10.7. The molecule has 0 radical (unpaired) electrons. The number of hydrazone groups is 1. The topological polar surface area (TPSA) is 64.8 Å². The summed E-state index contributed by atoms with van der Waals surface area (Å²) in [6.07, 6.45) is 1.88. The minimum Gasteiger partial charge on any atom is -0.454 e. The smallest absolute Gasteiger partial charge is 0.244 e. The summed E-state index contributed by atoms with van der Waals surface area (Å²) < 4.78 is 12.9. The fourth-order valence-corrected chi connectivity index (χ4v) is 4.41. The Kier molecular flexibility index (Phi) is 6.18. The van der Waals surface area contributed by atoms with Gasteiger partial charge >= 0.3 is 0 Å². The summed E-state index contributed by atoms with van der Waals surface area (Å²) in [6.45, 7) is 2.87. The number of halogens is 2. The van der Waals surface area contributed by atoms with E-state index in [2.05, 4.69) is 21.2 Å². The molecule has 2 heterocycles. The van der Waals surface area contributed by atoms with Gasteiger partial charge in [0.1, 0.15) is 0 Å². The maximum Gasteiger partial charge on any atom is 0.244 e. The third-order valence-corrected chi connectivity index (χ3v) is 6.53. The van der Waals surface area contributed by atoms with Gasteiger partial charge in [0.2, 0.25) is 12.7 Å². The molecule has 0 unspecified atom stereocenters. The molecule has 0 saturated carbocycles. The van der Waals surface area contributed by atoms with Crippen LogP contribution in [0.5, 0.6) is 11.5 Å². The second-order valence-corrected chi connectivity index (χ2v) is 8.82. The number of carbonyl (C=O) groups is 1. The monoisotopic (exact) mass is 493 g/mol. The molecule has 1 aliphatic rings. The summed E-state index contributed by atoms with van der Waals surface area (Å²) in [5, 5.41) is 6.34. The minimum atomic E-state index is -0.215. The van der Waals surface area contributed by atoms with E-state index in [0.717, 1.165) is 33.3 Å². The number of fused-ring (bicyclic) bond motifs is 2. The van der Waals surface area contributed by atoms with Crippen LogP contribution in [0.25, 0.3) is 10.9 Å². The predicted octanol–water partition coefficient (Wildman–Crippen LogP) is 5.73. The molecule has 1 N–H and O–H groups in total. The van der Waals surface area contributed by atoms with E-state index in [1.807, 2.05) is 49.4 Å². The SMILES string of the molecule is Cc1c(/C=N/NC(=O)Cc2ccc3c(c2)OCO3)c2ccccc2n1Cc1ccc(Cl)c(Cl)c1. The van der Waals surface area contributed by atoms with Gasteiger partial charge in [-0.15, -0.1) is 0 Å². The maximum atomic E-state index is 12.4. The van der Waals surface area contributed by atoms with Crippen molar-refractivity contribution in [2.24, 2.45) is 5.10 Å². The van der Waals surface area contributed by atoms with Crippen LogP contribution in [-0.2, 0) is 17.8 Å². The van der Waals surface area contributed by atoms with Crippen LogP contribution in [0.1, 0.15) is 22.4 Å². The normalized spacial score (nSPS) is 12.6. The van der Waals surface area contributed by atoms with Crippen molar-refractivity contribution >= 4 is 46.2 Å². The van der Waals surface area contributed by atoms with E-state index in [1.54, 1.807) is 18.3 Å². The summed E-state index contributed by atoms with van der Waals surface area (Å²) in [5.74, 6) is 1.13. The van der Waals surface area contributed by atoms with Gasteiger partial charge in [-0.3, -0.25) is 4.79 Å². The molecule has 0 bridgehead atoms. The molecule has 172 valence electrons. The van der Waals surface area contributed by atoms with Crippen molar-refractivity contribution < 1.29 is 14.3 Å². The number of benzene rings is 3. The van der Waals surface area contributed by atoms with Crippen molar-refractivity contribution in [2.75, 3.05) is 6.79 Å². The Morgan fingerprint density at radius 1 is 1.03 bits per heavy atom. The van der Waals surface area contributed by atoms with E-state index >= 15 is 0 Å². The lowest BCUT2D eigenvalue weighted by molar-refractivity contribution is -0.120. The van der Waals surface area contributed by atoms with Gasteiger partial charge in [-0.25, -0.2) is 5.43 Å². The van der Waals surface area contributed by atoms with Crippen LogP contribution in [0.3, 0.4) is 0 Å². The molecule has 1 aromatic heterocycles. The van der Waals surface area contributed by atoms with Gasteiger partial charge in [-0.2, -0.15) is 5.10 Å². The molecule has 0 atom stereocenters. The summed E-state index contributed by atoms with van der Waals surface area (Å²) in [5.41, 5.74) is 7.54. The van der Waals surface area contributed by atoms with E-state index < -0.39 is 0 Å². The number of amides is 1. The van der Waals surface area contributed by atoms with Gasteiger partial charge < -0.3 is 14.0 Å². The third kappa shape index (κ3) is 4.47. The first-order chi connectivity index (χ1) is 16.5. The molecule has 0 fully saturated rings. The van der Waals surface area contributed by atoms with E-state index in [1.165, 1.54) is 0 Å². The summed E-state index contributed by atoms with van der Waals surface area (Å²) in [6, 6.07) is 19.2. The fourth-order valence-electron chi connectivity index (χ4n) is 4.09. The highest BCUT2D eigenvalue weighted by molar-refractivity contribution is 6.42. The number of aromatic nitrogens is 1. The van der Waals surface area contributed by atoms with Crippen LogP contribution in [0, 0.1) is 6.92 Å². The average Bonchev–Trinajstić information content (AvgIpc) is 3.39. The lowest BCUT2D eigenvalue weighted by Gasteiger charge is -2.09. The lowest BCUT2D eigenvalue weighted by atomic mass is 10.1. The molecule has 8 heteroatoms. The second-order valence-electron chi connectivity index (χ2n) is 8.01. The Labute approximate surface area is 206 Å². The lowest BCUT2D eigenvalue weighted by Crippen LogP contribution is -2.19. The summed E-state index contributed by atoms with van der Waals surface area (Å²) in [7, 11) is 0. The largest absolute Gasteiger partial charge is 0.454 e. The summed E-state index contributed by atoms with van der Waals surface area (Å²) >= 11 is 12.3. The Balaban J connectivity index is 1.34. The Morgan fingerprint density at radius 3 is 2.68 bits per heavy atom. The Hall–Kier alpha value is -3.48. The van der Waals surface area contributed by atoms with Crippen LogP contribution in [0.15, 0.2) is 65.8 Å². The number of hydrogen-bond donors (Lipinski definition) is 1. The van der Waals surface area contributed by atoms with Gasteiger partial charge in [0.25, 0.3) is 0 Å². The second kappa shape index (κ2) is 9.41. The quantitative estimate of drug-likeness (QED) is 0.275. The zero-order chi connectivity index (χ0) is 23.7. The maximum absolute atomic E-state index is 12.4. The number of para-hydroxylation sites is 1. The van der Waals surface area contributed by atoms with Crippen LogP contribution in [-0.4, -0.2) is 23.5 Å². The van der Waals surface area contributed by atoms with E-state index in [0.29, 0.717) is 28.1 Å². The Bertz CT molecular complexity index is 1430. The molecular weight excluding hydrogens is 473 g/mol. The zero-order valence-electron chi connectivity index (χ0n) is 18.3. The first kappa shape index (κ1) is 22.3. The molecule has 1 aliphatic heterocycles. The van der Waals surface area contributed by atoms with Crippen molar-refractivity contribution in [1.29, 1.82) is 0 Å². The molecular formula is C26H21Cl2N3O3. The highest BCUT2D eigenvalue weighted by Crippen LogP contribution is 2.32. The van der Waals surface area contributed by atoms with Gasteiger partial charge in [0, 0.05) is 28.7 Å². The van der Waals surface area contributed by atoms with Gasteiger partial charge in [-0.05, 0) is 48.4 Å². The van der Waals surface area contributed by atoms with Crippen LogP contribution in [0.2, 0.25) is 10.0 Å². The minimum absolute atomic E-state index is 0.187. The summed E-state index contributed by atoms with van der Waals surface area (Å²) in [4.78, 5) is 12.4. The van der Waals surface area contributed by atoms with Gasteiger partial charge in [-0.1, -0.05) is 53.5 Å². The molecule has 0 spiro atoms. The van der Waals surface area contributed by atoms with E-state index in [9.17, 15) is 4.79 Å². The highest BCUT2D eigenvalue weighted by Gasteiger charge is 2.15.